The number of nitrogens with zero attached hydrogens (tertiary/aromatic N) is 2. The number of nitriles is 1. The van der Waals surface area contributed by atoms with Crippen molar-refractivity contribution < 1.29 is 4.79 Å². The highest BCUT2D eigenvalue weighted by molar-refractivity contribution is 5.95. The predicted molar refractivity (Wildman–Crippen MR) is 79.2 cm³/mol. The number of carbonyl (C=O) groups excluding carboxylic acids is 1. The van der Waals surface area contributed by atoms with Crippen LogP contribution in [0.3, 0.4) is 0 Å². The van der Waals surface area contributed by atoms with E-state index < -0.39 is 0 Å². The first-order valence-electron chi connectivity index (χ1n) is 7.16. The molecule has 0 spiro atoms. The van der Waals surface area contributed by atoms with Crippen molar-refractivity contribution in [2.24, 2.45) is 5.92 Å². The molecule has 1 aromatic carbocycles. The standard InChI is InChI=1S/C16H21N3O/c1-12-6-5-9-19(11-12)13(2)16(20)18-15-8-4-3-7-14(15)10-17/h3-4,7-8,12-13H,5-6,9,11H2,1-2H3,(H,18,20)/t12-,13-/m1/s1. The zero-order chi connectivity index (χ0) is 14.5. The fourth-order valence-corrected chi connectivity index (χ4v) is 2.67. The van der Waals surface area contributed by atoms with E-state index in [2.05, 4.69) is 23.2 Å². The molecule has 1 fully saturated rings. The minimum absolute atomic E-state index is 0.0400. The summed E-state index contributed by atoms with van der Waals surface area (Å²) in [5.41, 5.74) is 1.09. The van der Waals surface area contributed by atoms with Crippen LogP contribution in [-0.4, -0.2) is 29.9 Å². The molecule has 0 aliphatic carbocycles. The van der Waals surface area contributed by atoms with Gasteiger partial charge >= 0.3 is 0 Å². The Morgan fingerprint density at radius 1 is 1.50 bits per heavy atom. The van der Waals surface area contributed by atoms with E-state index >= 15 is 0 Å². The Kier molecular flexibility index (Phi) is 4.75. The Labute approximate surface area is 120 Å². The molecular formula is C16H21N3O. The zero-order valence-electron chi connectivity index (χ0n) is 12.1. The molecule has 0 radical (unpaired) electrons. The normalized spacial score (nSPS) is 20.9. The molecule has 2 rings (SSSR count). The summed E-state index contributed by atoms with van der Waals surface area (Å²) in [6.07, 6.45) is 2.38. The first-order chi connectivity index (χ1) is 9.61. The summed E-state index contributed by atoms with van der Waals surface area (Å²) in [5.74, 6) is 0.604. The SMILES string of the molecule is C[C@@H]1CCCN([C@H](C)C(=O)Nc2ccccc2C#N)C1. The van der Waals surface area contributed by atoms with E-state index in [0.717, 1.165) is 19.5 Å². The van der Waals surface area contributed by atoms with Gasteiger partial charge in [-0.3, -0.25) is 9.69 Å². The van der Waals surface area contributed by atoms with Crippen molar-refractivity contribution in [3.8, 4) is 6.07 Å². The average molecular weight is 271 g/mol. The molecule has 4 nitrogen and oxygen atoms in total. The molecule has 106 valence electrons. The number of para-hydroxylation sites is 1. The largest absolute Gasteiger partial charge is 0.324 e. The summed E-state index contributed by atoms with van der Waals surface area (Å²) in [7, 11) is 0. The maximum absolute atomic E-state index is 12.3. The van der Waals surface area contributed by atoms with Crippen molar-refractivity contribution in [2.45, 2.75) is 32.7 Å². The number of benzene rings is 1. The van der Waals surface area contributed by atoms with E-state index in [-0.39, 0.29) is 11.9 Å². The lowest BCUT2D eigenvalue weighted by Gasteiger charge is -2.34. The van der Waals surface area contributed by atoms with Gasteiger partial charge in [-0.15, -0.1) is 0 Å². The van der Waals surface area contributed by atoms with Crippen molar-refractivity contribution in [1.29, 1.82) is 5.26 Å². The smallest absolute Gasteiger partial charge is 0.241 e. The molecule has 0 bridgehead atoms. The lowest BCUT2D eigenvalue weighted by atomic mass is 9.99. The first kappa shape index (κ1) is 14.5. The Balaban J connectivity index is 2.02. The number of anilines is 1. The minimum atomic E-state index is -0.163. The summed E-state index contributed by atoms with van der Waals surface area (Å²) in [4.78, 5) is 14.5. The summed E-state index contributed by atoms with van der Waals surface area (Å²) in [6, 6.07) is 9.03. The lowest BCUT2D eigenvalue weighted by Crippen LogP contribution is -2.46. The van der Waals surface area contributed by atoms with Crippen LogP contribution in [-0.2, 0) is 4.79 Å². The second-order valence-corrected chi connectivity index (χ2v) is 5.56. The van der Waals surface area contributed by atoms with Crippen LogP contribution in [0, 0.1) is 17.2 Å². The highest BCUT2D eigenvalue weighted by Gasteiger charge is 2.25. The van der Waals surface area contributed by atoms with Crippen LogP contribution >= 0.6 is 0 Å². The van der Waals surface area contributed by atoms with Gasteiger partial charge < -0.3 is 5.32 Å². The number of carbonyl (C=O) groups is 1. The van der Waals surface area contributed by atoms with Crippen molar-refractivity contribution in [1.82, 2.24) is 4.90 Å². The van der Waals surface area contributed by atoms with Crippen molar-refractivity contribution >= 4 is 11.6 Å². The van der Waals surface area contributed by atoms with Gasteiger partial charge in [0, 0.05) is 6.54 Å². The van der Waals surface area contributed by atoms with Gasteiger partial charge in [0.25, 0.3) is 0 Å². The molecule has 2 atom stereocenters. The van der Waals surface area contributed by atoms with Crippen LogP contribution in [0.25, 0.3) is 0 Å². The topological polar surface area (TPSA) is 56.1 Å². The van der Waals surface area contributed by atoms with Gasteiger partial charge in [0.15, 0.2) is 0 Å². The van der Waals surface area contributed by atoms with Crippen LogP contribution in [0.5, 0.6) is 0 Å². The zero-order valence-corrected chi connectivity index (χ0v) is 12.1. The van der Waals surface area contributed by atoms with E-state index in [1.807, 2.05) is 13.0 Å². The number of hydrogen-bond donors (Lipinski definition) is 1. The molecule has 1 amide bonds. The van der Waals surface area contributed by atoms with Gasteiger partial charge in [-0.25, -0.2) is 0 Å². The molecule has 0 unspecified atom stereocenters. The van der Waals surface area contributed by atoms with Crippen LogP contribution < -0.4 is 5.32 Å². The second kappa shape index (κ2) is 6.53. The molecule has 1 N–H and O–H groups in total. The molecular weight excluding hydrogens is 250 g/mol. The molecule has 20 heavy (non-hydrogen) atoms. The third-order valence-electron chi connectivity index (χ3n) is 3.92. The fourth-order valence-electron chi connectivity index (χ4n) is 2.67. The Morgan fingerprint density at radius 2 is 2.25 bits per heavy atom. The van der Waals surface area contributed by atoms with Gasteiger partial charge in [0.05, 0.1) is 17.3 Å². The predicted octanol–water partition coefficient (Wildman–Crippen LogP) is 2.62. The number of nitrogens with one attached hydrogen (secondary N) is 1. The van der Waals surface area contributed by atoms with Gasteiger partial charge in [-0.2, -0.15) is 5.26 Å². The number of amides is 1. The van der Waals surface area contributed by atoms with Gasteiger partial charge in [0.1, 0.15) is 6.07 Å². The van der Waals surface area contributed by atoms with Gasteiger partial charge in [-0.05, 0) is 44.4 Å². The monoisotopic (exact) mass is 271 g/mol. The van der Waals surface area contributed by atoms with E-state index in [9.17, 15) is 4.79 Å². The first-order valence-corrected chi connectivity index (χ1v) is 7.16. The van der Waals surface area contributed by atoms with E-state index in [0.29, 0.717) is 17.2 Å². The molecule has 1 aliphatic heterocycles. The van der Waals surface area contributed by atoms with Crippen LogP contribution in [0.2, 0.25) is 0 Å². The maximum atomic E-state index is 12.3. The summed E-state index contributed by atoms with van der Waals surface area (Å²) >= 11 is 0. The summed E-state index contributed by atoms with van der Waals surface area (Å²) < 4.78 is 0. The molecule has 0 saturated carbocycles. The number of likely N-dealkylation sites (tertiary alicyclic amines) is 1. The lowest BCUT2D eigenvalue weighted by molar-refractivity contribution is -0.121. The molecule has 1 heterocycles. The third-order valence-corrected chi connectivity index (χ3v) is 3.92. The second-order valence-electron chi connectivity index (χ2n) is 5.56. The Bertz CT molecular complexity index is 521. The van der Waals surface area contributed by atoms with Crippen molar-refractivity contribution in [3.05, 3.63) is 29.8 Å². The highest BCUT2D eigenvalue weighted by atomic mass is 16.2. The van der Waals surface area contributed by atoms with Gasteiger partial charge in [-0.1, -0.05) is 19.1 Å². The molecule has 1 aliphatic rings. The van der Waals surface area contributed by atoms with Crippen molar-refractivity contribution in [2.75, 3.05) is 18.4 Å². The van der Waals surface area contributed by atoms with E-state index in [1.165, 1.54) is 6.42 Å². The van der Waals surface area contributed by atoms with Crippen molar-refractivity contribution in [3.63, 3.8) is 0 Å². The summed E-state index contributed by atoms with van der Waals surface area (Å²) in [5, 5.41) is 11.9. The minimum Gasteiger partial charge on any atom is -0.324 e. The van der Waals surface area contributed by atoms with Gasteiger partial charge in [0.2, 0.25) is 5.91 Å². The van der Waals surface area contributed by atoms with Crippen LogP contribution in [0.1, 0.15) is 32.3 Å². The molecule has 1 saturated heterocycles. The number of rotatable bonds is 3. The number of hydrogen-bond acceptors (Lipinski definition) is 3. The van der Waals surface area contributed by atoms with E-state index in [1.54, 1.807) is 18.2 Å². The third kappa shape index (κ3) is 3.37. The molecule has 0 aromatic heterocycles. The average Bonchev–Trinajstić information content (AvgIpc) is 2.47. The molecule has 1 aromatic rings. The highest BCUT2D eigenvalue weighted by Crippen LogP contribution is 2.19. The van der Waals surface area contributed by atoms with E-state index in [4.69, 9.17) is 5.26 Å². The quantitative estimate of drug-likeness (QED) is 0.919. The van der Waals surface area contributed by atoms with Crippen LogP contribution in [0.15, 0.2) is 24.3 Å². The molecule has 4 heteroatoms. The fraction of sp³-hybridized carbons (Fsp3) is 0.500. The maximum Gasteiger partial charge on any atom is 0.241 e. The summed E-state index contributed by atoms with van der Waals surface area (Å²) in [6.45, 7) is 6.09. The van der Waals surface area contributed by atoms with Crippen LogP contribution in [0.4, 0.5) is 5.69 Å². The Morgan fingerprint density at radius 3 is 2.95 bits per heavy atom. The Hall–Kier alpha value is -1.86. The number of piperidine rings is 1.